The number of hydrogen-bond acceptors (Lipinski definition) is 6. The lowest BCUT2D eigenvalue weighted by atomic mass is 10.3. The van der Waals surface area contributed by atoms with Crippen LogP contribution >= 0.6 is 0 Å². The molecule has 0 amide bonds. The van der Waals surface area contributed by atoms with Crippen molar-refractivity contribution in [3.63, 3.8) is 0 Å². The fourth-order valence-corrected chi connectivity index (χ4v) is 0.951. The van der Waals surface area contributed by atoms with Gasteiger partial charge in [-0.05, 0) is 0 Å². The Morgan fingerprint density at radius 3 is 3.17 bits per heavy atom. The van der Waals surface area contributed by atoms with Crippen molar-refractivity contribution in [2.24, 2.45) is 16.1 Å². The Balaban J connectivity index is 2.37. The van der Waals surface area contributed by atoms with Crippen molar-refractivity contribution < 1.29 is 9.53 Å². The van der Waals surface area contributed by atoms with Crippen molar-refractivity contribution in [1.82, 2.24) is 5.01 Å². The zero-order valence-electron chi connectivity index (χ0n) is 6.93. The average Bonchev–Trinajstić information content (AvgIpc) is 2.52. The first kappa shape index (κ1) is 8.92. The number of nitrogens with two attached hydrogens (primary N) is 1. The number of nitrogens with zero attached hydrogens (tertiary/aromatic N) is 3. The second kappa shape index (κ2) is 4.01. The molecule has 0 aromatic carbocycles. The van der Waals surface area contributed by atoms with E-state index < -0.39 is 6.04 Å². The molecule has 1 rings (SSSR count). The zero-order valence-corrected chi connectivity index (χ0v) is 6.93. The Bertz CT molecular complexity index is 194. The highest BCUT2D eigenvalue weighted by atomic mass is 16.5. The Labute approximate surface area is 70.3 Å². The molecule has 12 heavy (non-hydrogen) atoms. The molecular weight excluding hydrogens is 160 g/mol. The van der Waals surface area contributed by atoms with Gasteiger partial charge in [-0.2, -0.15) is 5.11 Å². The topological polar surface area (TPSA) is 80.3 Å². The molecule has 68 valence electrons. The van der Waals surface area contributed by atoms with E-state index in [1.54, 1.807) is 5.01 Å². The Kier molecular flexibility index (Phi) is 2.98. The van der Waals surface area contributed by atoms with Crippen LogP contribution in [-0.4, -0.2) is 43.8 Å². The molecule has 6 heteroatoms. The standard InChI is InChI=1S/C6H12N4O2/c1-12-6(11)5-4-10(3-2-7)9-8-5/h5H,2-4,7H2,1H3. The molecule has 0 aromatic rings. The monoisotopic (exact) mass is 172 g/mol. The van der Waals surface area contributed by atoms with E-state index in [0.717, 1.165) is 0 Å². The second-order valence-electron chi connectivity index (χ2n) is 2.45. The van der Waals surface area contributed by atoms with E-state index >= 15 is 0 Å². The fraction of sp³-hybridized carbons (Fsp3) is 0.833. The van der Waals surface area contributed by atoms with Gasteiger partial charge in [-0.25, -0.2) is 4.79 Å². The lowest BCUT2D eigenvalue weighted by Gasteiger charge is -2.10. The maximum Gasteiger partial charge on any atom is 0.334 e. The summed E-state index contributed by atoms with van der Waals surface area (Å²) in [6.45, 7) is 1.60. The van der Waals surface area contributed by atoms with Gasteiger partial charge in [-0.1, -0.05) is 5.22 Å². The summed E-state index contributed by atoms with van der Waals surface area (Å²) in [4.78, 5) is 10.9. The number of carbonyl (C=O) groups excluding carboxylic acids is 1. The fourth-order valence-electron chi connectivity index (χ4n) is 0.951. The quantitative estimate of drug-likeness (QED) is 0.563. The zero-order chi connectivity index (χ0) is 8.97. The van der Waals surface area contributed by atoms with Crippen LogP contribution in [0.5, 0.6) is 0 Å². The molecule has 0 saturated heterocycles. The normalized spacial score (nSPS) is 21.5. The van der Waals surface area contributed by atoms with Crippen molar-refractivity contribution in [1.29, 1.82) is 0 Å². The first-order valence-corrected chi connectivity index (χ1v) is 3.71. The summed E-state index contributed by atoms with van der Waals surface area (Å²) >= 11 is 0. The van der Waals surface area contributed by atoms with Gasteiger partial charge in [-0.15, -0.1) is 0 Å². The van der Waals surface area contributed by atoms with E-state index in [-0.39, 0.29) is 5.97 Å². The number of carbonyl (C=O) groups is 1. The predicted octanol–water partition coefficient (Wildman–Crippen LogP) is -0.830. The Hall–Kier alpha value is -1.17. The van der Waals surface area contributed by atoms with E-state index in [0.29, 0.717) is 19.6 Å². The van der Waals surface area contributed by atoms with Crippen molar-refractivity contribution in [3.05, 3.63) is 0 Å². The average molecular weight is 172 g/mol. The molecule has 0 aromatic heterocycles. The molecule has 1 unspecified atom stereocenters. The summed E-state index contributed by atoms with van der Waals surface area (Å²) in [5, 5.41) is 9.14. The summed E-state index contributed by atoms with van der Waals surface area (Å²) in [6, 6.07) is -0.471. The van der Waals surface area contributed by atoms with Gasteiger partial charge in [0, 0.05) is 6.54 Å². The largest absolute Gasteiger partial charge is 0.467 e. The molecule has 0 bridgehead atoms. The lowest BCUT2D eigenvalue weighted by Crippen LogP contribution is -2.30. The maximum absolute atomic E-state index is 10.9. The van der Waals surface area contributed by atoms with E-state index in [1.807, 2.05) is 0 Å². The highest BCUT2D eigenvalue weighted by Gasteiger charge is 2.26. The van der Waals surface area contributed by atoms with Gasteiger partial charge in [0.25, 0.3) is 0 Å². The van der Waals surface area contributed by atoms with Crippen LogP contribution in [-0.2, 0) is 9.53 Å². The molecule has 0 spiro atoms. The van der Waals surface area contributed by atoms with Crippen LogP contribution < -0.4 is 5.73 Å². The maximum atomic E-state index is 10.9. The molecule has 2 N–H and O–H groups in total. The first-order valence-electron chi connectivity index (χ1n) is 3.71. The van der Waals surface area contributed by atoms with E-state index in [9.17, 15) is 4.79 Å². The molecular formula is C6H12N4O2. The minimum Gasteiger partial charge on any atom is -0.467 e. The van der Waals surface area contributed by atoms with Gasteiger partial charge in [0.1, 0.15) is 0 Å². The van der Waals surface area contributed by atoms with Crippen LogP contribution in [0.1, 0.15) is 0 Å². The molecule has 1 atom stereocenters. The predicted molar refractivity (Wildman–Crippen MR) is 41.3 cm³/mol. The smallest absolute Gasteiger partial charge is 0.334 e. The number of rotatable bonds is 3. The van der Waals surface area contributed by atoms with Crippen LogP contribution in [0.15, 0.2) is 10.3 Å². The highest BCUT2D eigenvalue weighted by molar-refractivity contribution is 5.76. The molecule has 0 radical (unpaired) electrons. The van der Waals surface area contributed by atoms with Crippen LogP contribution in [0.2, 0.25) is 0 Å². The van der Waals surface area contributed by atoms with Gasteiger partial charge in [0.2, 0.25) is 0 Å². The van der Waals surface area contributed by atoms with Crippen LogP contribution in [0.4, 0.5) is 0 Å². The molecule has 0 aliphatic carbocycles. The highest BCUT2D eigenvalue weighted by Crippen LogP contribution is 2.08. The minimum atomic E-state index is -0.471. The Morgan fingerprint density at radius 2 is 2.58 bits per heavy atom. The number of methoxy groups -OCH3 is 1. The summed E-state index contributed by atoms with van der Waals surface area (Å²) in [5.74, 6) is -0.349. The molecule has 1 heterocycles. The second-order valence-corrected chi connectivity index (χ2v) is 2.45. The lowest BCUT2D eigenvalue weighted by molar-refractivity contribution is -0.141. The number of hydrogen-bond donors (Lipinski definition) is 1. The van der Waals surface area contributed by atoms with Crippen molar-refractivity contribution in [3.8, 4) is 0 Å². The van der Waals surface area contributed by atoms with Crippen molar-refractivity contribution >= 4 is 5.97 Å². The van der Waals surface area contributed by atoms with E-state index in [1.165, 1.54) is 7.11 Å². The van der Waals surface area contributed by atoms with Crippen LogP contribution in [0, 0.1) is 0 Å². The number of esters is 1. The van der Waals surface area contributed by atoms with E-state index in [4.69, 9.17) is 5.73 Å². The summed E-state index contributed by atoms with van der Waals surface area (Å²) in [7, 11) is 1.34. The Morgan fingerprint density at radius 1 is 1.83 bits per heavy atom. The summed E-state index contributed by atoms with van der Waals surface area (Å²) < 4.78 is 4.51. The van der Waals surface area contributed by atoms with Crippen LogP contribution in [0.25, 0.3) is 0 Å². The third kappa shape index (κ3) is 1.91. The van der Waals surface area contributed by atoms with E-state index in [2.05, 4.69) is 15.1 Å². The van der Waals surface area contributed by atoms with Crippen molar-refractivity contribution in [2.45, 2.75) is 6.04 Å². The first-order chi connectivity index (χ1) is 5.77. The number of ether oxygens (including phenoxy) is 1. The molecule has 1 aliphatic heterocycles. The van der Waals surface area contributed by atoms with Crippen LogP contribution in [0.3, 0.4) is 0 Å². The summed E-state index contributed by atoms with van der Waals surface area (Å²) in [6.07, 6.45) is 0. The van der Waals surface area contributed by atoms with Gasteiger partial charge in [0.15, 0.2) is 6.04 Å². The third-order valence-corrected chi connectivity index (χ3v) is 1.56. The molecule has 0 fully saturated rings. The van der Waals surface area contributed by atoms with Gasteiger partial charge in [-0.3, -0.25) is 5.01 Å². The minimum absolute atomic E-state index is 0.349. The third-order valence-electron chi connectivity index (χ3n) is 1.56. The van der Waals surface area contributed by atoms with Gasteiger partial charge in [0.05, 0.1) is 20.2 Å². The van der Waals surface area contributed by atoms with Crippen molar-refractivity contribution in [2.75, 3.05) is 26.7 Å². The summed E-state index contributed by atoms with van der Waals surface area (Å²) in [5.41, 5.74) is 5.30. The van der Waals surface area contributed by atoms with Gasteiger partial charge >= 0.3 is 5.97 Å². The van der Waals surface area contributed by atoms with Gasteiger partial charge < -0.3 is 10.5 Å². The SMILES string of the molecule is COC(=O)C1CN(CCN)N=N1. The molecule has 6 nitrogen and oxygen atoms in total. The molecule has 0 saturated carbocycles. The molecule has 1 aliphatic rings.